The molecule has 6 nitrogen and oxygen atoms in total. The molecule has 0 spiro atoms. The lowest BCUT2D eigenvalue weighted by Gasteiger charge is -2.03. The van der Waals surface area contributed by atoms with Crippen molar-refractivity contribution in [1.29, 1.82) is 0 Å². The lowest BCUT2D eigenvalue weighted by molar-refractivity contribution is -0.144. The highest BCUT2D eigenvalue weighted by atomic mass is 32.1. The number of methoxy groups -OCH3 is 1. The van der Waals surface area contributed by atoms with Crippen molar-refractivity contribution < 1.29 is 23.5 Å². The van der Waals surface area contributed by atoms with Crippen LogP contribution < -0.4 is 0 Å². The van der Waals surface area contributed by atoms with Crippen LogP contribution in [0.2, 0.25) is 0 Å². The van der Waals surface area contributed by atoms with Gasteiger partial charge >= 0.3 is 11.9 Å². The average molecular weight is 363 g/mol. The number of esters is 2. The number of ether oxygens (including phenoxy) is 2. The number of thiophene rings is 1. The predicted octanol–water partition coefficient (Wildman–Crippen LogP) is 3.54. The van der Waals surface area contributed by atoms with Gasteiger partial charge in [0.25, 0.3) is 0 Å². The molecule has 3 rings (SSSR count). The van der Waals surface area contributed by atoms with Crippen LogP contribution in [-0.2, 0) is 27.3 Å². The van der Waals surface area contributed by atoms with E-state index >= 15 is 0 Å². The molecule has 3 heterocycles. The standard InChI is InChI=1S/C16H13NO5S2/c1-20-16(19)14-10(4-5-21-14)8-22-13(18)7-11-9-24-15(17-11)12-3-2-6-23-12/h2-6,9H,7-8H2,1H3. The first kappa shape index (κ1) is 16.4. The molecule has 3 aromatic rings. The molecule has 0 aliphatic rings. The van der Waals surface area contributed by atoms with Gasteiger partial charge in [-0.1, -0.05) is 6.07 Å². The van der Waals surface area contributed by atoms with Crippen LogP contribution in [0.4, 0.5) is 0 Å². The molecular weight excluding hydrogens is 350 g/mol. The Labute approximate surface area is 145 Å². The van der Waals surface area contributed by atoms with Crippen LogP contribution in [0.25, 0.3) is 9.88 Å². The third-order valence-corrected chi connectivity index (χ3v) is 5.05. The zero-order valence-electron chi connectivity index (χ0n) is 12.7. The van der Waals surface area contributed by atoms with Gasteiger partial charge in [-0.25, -0.2) is 9.78 Å². The van der Waals surface area contributed by atoms with Crippen molar-refractivity contribution in [2.24, 2.45) is 0 Å². The highest BCUT2D eigenvalue weighted by Crippen LogP contribution is 2.28. The number of rotatable bonds is 6. The Kier molecular flexibility index (Phi) is 5.07. The zero-order valence-corrected chi connectivity index (χ0v) is 14.3. The first-order valence-electron chi connectivity index (χ1n) is 6.96. The van der Waals surface area contributed by atoms with Gasteiger partial charge in [0, 0.05) is 10.9 Å². The molecule has 0 aromatic carbocycles. The van der Waals surface area contributed by atoms with E-state index in [0.717, 1.165) is 9.88 Å². The van der Waals surface area contributed by atoms with E-state index in [9.17, 15) is 9.59 Å². The molecule has 0 fully saturated rings. The summed E-state index contributed by atoms with van der Waals surface area (Å²) in [6, 6.07) is 5.51. The molecule has 0 N–H and O–H groups in total. The van der Waals surface area contributed by atoms with E-state index < -0.39 is 11.9 Å². The normalized spacial score (nSPS) is 10.5. The van der Waals surface area contributed by atoms with Gasteiger partial charge in [-0.3, -0.25) is 4.79 Å². The molecule has 0 radical (unpaired) electrons. The number of furan rings is 1. The minimum absolute atomic E-state index is 0.0407. The topological polar surface area (TPSA) is 78.6 Å². The van der Waals surface area contributed by atoms with Crippen LogP contribution in [-0.4, -0.2) is 24.0 Å². The van der Waals surface area contributed by atoms with E-state index in [1.54, 1.807) is 17.4 Å². The second kappa shape index (κ2) is 7.41. The van der Waals surface area contributed by atoms with Crippen molar-refractivity contribution in [3.05, 3.63) is 52.2 Å². The summed E-state index contributed by atoms with van der Waals surface area (Å²) in [5.74, 6) is -0.986. The fourth-order valence-electron chi connectivity index (χ4n) is 1.98. The molecule has 0 amide bonds. The Morgan fingerprint density at radius 1 is 1.29 bits per heavy atom. The molecule has 0 saturated carbocycles. The lowest BCUT2D eigenvalue weighted by Crippen LogP contribution is -2.10. The number of hydrogen-bond acceptors (Lipinski definition) is 8. The second-order valence-corrected chi connectivity index (χ2v) is 6.53. The van der Waals surface area contributed by atoms with Gasteiger partial charge in [0.15, 0.2) is 0 Å². The summed E-state index contributed by atoms with van der Waals surface area (Å²) >= 11 is 3.09. The summed E-state index contributed by atoms with van der Waals surface area (Å²) in [5, 5.41) is 4.71. The minimum atomic E-state index is -0.605. The van der Waals surface area contributed by atoms with E-state index in [1.165, 1.54) is 24.7 Å². The van der Waals surface area contributed by atoms with Gasteiger partial charge in [-0.15, -0.1) is 22.7 Å². The van der Waals surface area contributed by atoms with Crippen LogP contribution in [0, 0.1) is 0 Å². The molecular formula is C16H13NO5S2. The van der Waals surface area contributed by atoms with Gasteiger partial charge in [-0.05, 0) is 17.5 Å². The maximum atomic E-state index is 12.0. The summed E-state index contributed by atoms with van der Waals surface area (Å²) in [5.41, 5.74) is 1.13. The third kappa shape index (κ3) is 3.72. The maximum absolute atomic E-state index is 12.0. The highest BCUT2D eigenvalue weighted by molar-refractivity contribution is 7.20. The Morgan fingerprint density at radius 2 is 2.17 bits per heavy atom. The molecule has 0 atom stereocenters. The fraction of sp³-hybridized carbons (Fsp3) is 0.188. The Morgan fingerprint density at radius 3 is 2.92 bits per heavy atom. The smallest absolute Gasteiger partial charge is 0.374 e. The molecule has 0 saturated heterocycles. The van der Waals surface area contributed by atoms with Crippen LogP contribution in [0.1, 0.15) is 21.8 Å². The van der Waals surface area contributed by atoms with Crippen molar-refractivity contribution in [1.82, 2.24) is 4.98 Å². The average Bonchev–Trinajstić information content (AvgIpc) is 3.32. The van der Waals surface area contributed by atoms with Crippen molar-refractivity contribution in [2.75, 3.05) is 7.11 Å². The SMILES string of the molecule is COC(=O)c1occc1COC(=O)Cc1csc(-c2cccs2)n1. The summed E-state index contributed by atoms with van der Waals surface area (Å²) in [6.07, 6.45) is 1.43. The van der Waals surface area contributed by atoms with E-state index in [2.05, 4.69) is 9.72 Å². The quantitative estimate of drug-likeness (QED) is 0.623. The second-order valence-electron chi connectivity index (χ2n) is 4.73. The molecule has 0 aliphatic heterocycles. The van der Waals surface area contributed by atoms with Crippen molar-refractivity contribution in [2.45, 2.75) is 13.0 Å². The molecule has 24 heavy (non-hydrogen) atoms. The largest absolute Gasteiger partial charge is 0.463 e. The van der Waals surface area contributed by atoms with E-state index in [-0.39, 0.29) is 18.8 Å². The predicted molar refractivity (Wildman–Crippen MR) is 89.0 cm³/mol. The van der Waals surface area contributed by atoms with Crippen molar-refractivity contribution >= 4 is 34.6 Å². The zero-order chi connectivity index (χ0) is 16.9. The van der Waals surface area contributed by atoms with Gasteiger partial charge in [-0.2, -0.15) is 0 Å². The summed E-state index contributed by atoms with van der Waals surface area (Å²) in [6.45, 7) is -0.0539. The van der Waals surface area contributed by atoms with Crippen LogP contribution >= 0.6 is 22.7 Å². The number of nitrogens with zero attached hydrogens (tertiary/aromatic N) is 1. The van der Waals surface area contributed by atoms with Crippen LogP contribution in [0.15, 0.2) is 39.6 Å². The van der Waals surface area contributed by atoms with Gasteiger partial charge in [0.05, 0.1) is 30.4 Å². The molecule has 124 valence electrons. The van der Waals surface area contributed by atoms with Gasteiger partial charge in [0.2, 0.25) is 5.76 Å². The molecule has 0 aliphatic carbocycles. The summed E-state index contributed by atoms with van der Waals surface area (Å²) in [4.78, 5) is 28.9. The van der Waals surface area contributed by atoms with Crippen LogP contribution in [0.3, 0.4) is 0 Å². The summed E-state index contributed by atoms with van der Waals surface area (Å²) < 4.78 is 14.8. The van der Waals surface area contributed by atoms with Crippen molar-refractivity contribution in [3.8, 4) is 9.88 Å². The Hall–Kier alpha value is -2.45. The highest BCUT2D eigenvalue weighted by Gasteiger charge is 2.17. The number of hydrogen-bond donors (Lipinski definition) is 0. The van der Waals surface area contributed by atoms with Gasteiger partial charge in [0.1, 0.15) is 11.6 Å². The fourth-order valence-corrected chi connectivity index (χ4v) is 3.61. The van der Waals surface area contributed by atoms with E-state index in [1.807, 2.05) is 22.9 Å². The van der Waals surface area contributed by atoms with Crippen molar-refractivity contribution in [3.63, 3.8) is 0 Å². The first-order chi connectivity index (χ1) is 11.7. The Bertz CT molecular complexity index is 834. The summed E-state index contributed by atoms with van der Waals surface area (Å²) in [7, 11) is 1.26. The monoisotopic (exact) mass is 363 g/mol. The van der Waals surface area contributed by atoms with Crippen LogP contribution in [0.5, 0.6) is 0 Å². The Balaban J connectivity index is 1.57. The number of thiazole rings is 1. The minimum Gasteiger partial charge on any atom is -0.463 e. The molecule has 0 bridgehead atoms. The number of aromatic nitrogens is 1. The lowest BCUT2D eigenvalue weighted by atomic mass is 10.2. The van der Waals surface area contributed by atoms with E-state index in [4.69, 9.17) is 9.15 Å². The molecule has 8 heteroatoms. The molecule has 0 unspecified atom stereocenters. The third-order valence-electron chi connectivity index (χ3n) is 3.12. The van der Waals surface area contributed by atoms with E-state index in [0.29, 0.717) is 11.3 Å². The number of carbonyl (C=O) groups excluding carboxylic acids is 2. The first-order valence-corrected chi connectivity index (χ1v) is 8.72. The van der Waals surface area contributed by atoms with Gasteiger partial charge < -0.3 is 13.9 Å². The maximum Gasteiger partial charge on any atom is 0.374 e. The molecule has 3 aromatic heterocycles. The number of carbonyl (C=O) groups is 2.